The SMILES string of the molecule is O=C(Nc1cc(Br)ccc1I)c1nc(Cl)ccc1Cl. The highest BCUT2D eigenvalue weighted by Gasteiger charge is 2.14. The summed E-state index contributed by atoms with van der Waals surface area (Å²) in [6.07, 6.45) is 0. The van der Waals surface area contributed by atoms with E-state index in [2.05, 4.69) is 48.8 Å². The van der Waals surface area contributed by atoms with E-state index in [0.29, 0.717) is 5.69 Å². The Balaban J connectivity index is 2.30. The first-order valence-electron chi connectivity index (χ1n) is 5.06. The maximum Gasteiger partial charge on any atom is 0.275 e. The van der Waals surface area contributed by atoms with Crippen LogP contribution in [-0.4, -0.2) is 10.9 Å². The van der Waals surface area contributed by atoms with Gasteiger partial charge in [-0.05, 0) is 52.9 Å². The average Bonchev–Trinajstić information content (AvgIpc) is 2.36. The van der Waals surface area contributed by atoms with E-state index in [1.165, 1.54) is 12.1 Å². The molecular formula is C12H6BrCl2IN2O. The third kappa shape index (κ3) is 3.81. The molecular weight excluding hydrogens is 466 g/mol. The Morgan fingerprint density at radius 2 is 2.00 bits per heavy atom. The van der Waals surface area contributed by atoms with Gasteiger partial charge in [0.25, 0.3) is 5.91 Å². The minimum atomic E-state index is -0.400. The van der Waals surface area contributed by atoms with Crippen LogP contribution in [0.1, 0.15) is 10.5 Å². The second-order valence-corrected chi connectivity index (χ2v) is 6.42. The lowest BCUT2D eigenvalue weighted by Crippen LogP contribution is -2.15. The first-order valence-corrected chi connectivity index (χ1v) is 7.68. The fourth-order valence-electron chi connectivity index (χ4n) is 1.35. The molecule has 0 unspecified atom stereocenters. The predicted octanol–water partition coefficient (Wildman–Crippen LogP) is 5.01. The summed E-state index contributed by atoms with van der Waals surface area (Å²) < 4.78 is 1.78. The Hall–Kier alpha value is -0.370. The normalized spacial score (nSPS) is 10.3. The Bertz CT molecular complexity index is 652. The van der Waals surface area contributed by atoms with Crippen molar-refractivity contribution in [2.75, 3.05) is 5.32 Å². The number of aromatic nitrogens is 1. The molecule has 1 aromatic heterocycles. The second kappa shape index (κ2) is 6.39. The maximum atomic E-state index is 12.1. The van der Waals surface area contributed by atoms with Crippen molar-refractivity contribution >= 4 is 73.3 Å². The number of nitrogens with one attached hydrogen (secondary N) is 1. The third-order valence-corrected chi connectivity index (χ3v) is 4.15. The van der Waals surface area contributed by atoms with Crippen LogP contribution in [0.25, 0.3) is 0 Å². The minimum absolute atomic E-state index is 0.102. The average molecular weight is 472 g/mol. The summed E-state index contributed by atoms with van der Waals surface area (Å²) in [6.45, 7) is 0. The van der Waals surface area contributed by atoms with Gasteiger partial charge in [-0.1, -0.05) is 39.1 Å². The van der Waals surface area contributed by atoms with E-state index in [0.717, 1.165) is 8.04 Å². The Morgan fingerprint density at radius 3 is 2.74 bits per heavy atom. The van der Waals surface area contributed by atoms with Crippen molar-refractivity contribution in [1.82, 2.24) is 4.98 Å². The molecule has 0 spiro atoms. The zero-order valence-corrected chi connectivity index (χ0v) is 14.5. The van der Waals surface area contributed by atoms with Gasteiger partial charge in [-0.3, -0.25) is 4.79 Å². The van der Waals surface area contributed by atoms with Crippen LogP contribution in [0.3, 0.4) is 0 Å². The van der Waals surface area contributed by atoms with Gasteiger partial charge < -0.3 is 5.32 Å². The molecule has 1 N–H and O–H groups in total. The van der Waals surface area contributed by atoms with Crippen LogP contribution in [0.4, 0.5) is 5.69 Å². The number of pyridine rings is 1. The number of carbonyl (C=O) groups is 1. The molecule has 0 atom stereocenters. The number of nitrogens with zero attached hydrogens (tertiary/aromatic N) is 1. The molecule has 0 saturated heterocycles. The van der Waals surface area contributed by atoms with Crippen LogP contribution in [-0.2, 0) is 0 Å². The van der Waals surface area contributed by atoms with Crippen LogP contribution in [0.15, 0.2) is 34.8 Å². The van der Waals surface area contributed by atoms with E-state index in [4.69, 9.17) is 23.2 Å². The molecule has 0 aliphatic carbocycles. The number of rotatable bonds is 2. The van der Waals surface area contributed by atoms with E-state index in [9.17, 15) is 4.79 Å². The quantitative estimate of drug-likeness (QED) is 0.494. The molecule has 3 nitrogen and oxygen atoms in total. The fourth-order valence-corrected chi connectivity index (χ4v) is 2.52. The van der Waals surface area contributed by atoms with Crippen molar-refractivity contribution < 1.29 is 4.79 Å². The molecule has 1 heterocycles. The van der Waals surface area contributed by atoms with Crippen molar-refractivity contribution in [3.05, 3.63) is 54.2 Å². The van der Waals surface area contributed by atoms with Crippen molar-refractivity contribution in [3.63, 3.8) is 0 Å². The second-order valence-electron chi connectivity index (χ2n) is 3.54. The van der Waals surface area contributed by atoms with Crippen molar-refractivity contribution in [2.24, 2.45) is 0 Å². The zero-order chi connectivity index (χ0) is 14.0. The topological polar surface area (TPSA) is 42.0 Å². The Morgan fingerprint density at radius 1 is 1.26 bits per heavy atom. The lowest BCUT2D eigenvalue weighted by Gasteiger charge is -2.08. The molecule has 98 valence electrons. The van der Waals surface area contributed by atoms with Gasteiger partial charge >= 0.3 is 0 Å². The molecule has 0 bridgehead atoms. The highest BCUT2D eigenvalue weighted by atomic mass is 127. The zero-order valence-electron chi connectivity index (χ0n) is 9.25. The number of anilines is 1. The molecule has 2 rings (SSSR count). The van der Waals surface area contributed by atoms with E-state index in [-0.39, 0.29) is 15.9 Å². The largest absolute Gasteiger partial charge is 0.320 e. The molecule has 1 aromatic carbocycles. The summed E-state index contributed by atoms with van der Waals surface area (Å²) in [5, 5.41) is 3.23. The summed E-state index contributed by atoms with van der Waals surface area (Å²) in [5.74, 6) is -0.400. The van der Waals surface area contributed by atoms with Gasteiger partial charge in [0.05, 0.1) is 10.7 Å². The van der Waals surface area contributed by atoms with Gasteiger partial charge in [0, 0.05) is 8.04 Å². The number of amides is 1. The minimum Gasteiger partial charge on any atom is -0.320 e. The number of halogens is 4. The summed E-state index contributed by atoms with van der Waals surface area (Å²) in [6, 6.07) is 8.65. The van der Waals surface area contributed by atoms with Gasteiger partial charge in [0.15, 0.2) is 0 Å². The fraction of sp³-hybridized carbons (Fsp3) is 0. The number of carbonyl (C=O) groups excluding carboxylic acids is 1. The molecule has 0 aliphatic heterocycles. The molecule has 0 saturated carbocycles. The van der Waals surface area contributed by atoms with Crippen LogP contribution in [0.5, 0.6) is 0 Å². The van der Waals surface area contributed by atoms with E-state index in [1.807, 2.05) is 12.1 Å². The first kappa shape index (κ1) is 15.0. The predicted molar refractivity (Wildman–Crippen MR) is 89.1 cm³/mol. The summed E-state index contributed by atoms with van der Waals surface area (Å²) >= 11 is 17.2. The van der Waals surface area contributed by atoms with E-state index in [1.54, 1.807) is 6.07 Å². The van der Waals surface area contributed by atoms with Crippen LogP contribution < -0.4 is 5.32 Å². The smallest absolute Gasteiger partial charge is 0.275 e. The van der Waals surface area contributed by atoms with Crippen molar-refractivity contribution in [3.8, 4) is 0 Å². The summed E-state index contributed by atoms with van der Waals surface area (Å²) in [4.78, 5) is 16.0. The third-order valence-electron chi connectivity index (χ3n) is 2.20. The highest BCUT2D eigenvalue weighted by Crippen LogP contribution is 2.24. The summed E-state index contributed by atoms with van der Waals surface area (Å²) in [5.41, 5.74) is 0.780. The maximum absolute atomic E-state index is 12.1. The van der Waals surface area contributed by atoms with Crippen molar-refractivity contribution in [1.29, 1.82) is 0 Å². The van der Waals surface area contributed by atoms with Crippen LogP contribution in [0.2, 0.25) is 10.2 Å². The van der Waals surface area contributed by atoms with Gasteiger partial charge in [0.2, 0.25) is 0 Å². The molecule has 0 radical (unpaired) electrons. The molecule has 19 heavy (non-hydrogen) atoms. The van der Waals surface area contributed by atoms with Gasteiger partial charge in [-0.25, -0.2) is 4.98 Å². The van der Waals surface area contributed by atoms with E-state index >= 15 is 0 Å². The molecule has 1 amide bonds. The monoisotopic (exact) mass is 470 g/mol. The van der Waals surface area contributed by atoms with Gasteiger partial charge in [0.1, 0.15) is 10.8 Å². The van der Waals surface area contributed by atoms with Crippen LogP contribution in [0, 0.1) is 3.57 Å². The van der Waals surface area contributed by atoms with E-state index < -0.39 is 5.91 Å². The van der Waals surface area contributed by atoms with Gasteiger partial charge in [-0.2, -0.15) is 0 Å². The summed E-state index contributed by atoms with van der Waals surface area (Å²) in [7, 11) is 0. The molecule has 7 heteroatoms. The first-order chi connectivity index (χ1) is 8.97. The Kier molecular flexibility index (Phi) is 5.05. The lowest BCUT2D eigenvalue weighted by atomic mass is 10.3. The lowest BCUT2D eigenvalue weighted by molar-refractivity contribution is 0.102. The number of benzene rings is 1. The molecule has 0 fully saturated rings. The van der Waals surface area contributed by atoms with Crippen LogP contribution >= 0.6 is 61.7 Å². The Labute approximate surface area is 142 Å². The number of hydrogen-bond donors (Lipinski definition) is 1. The van der Waals surface area contributed by atoms with Gasteiger partial charge in [-0.15, -0.1) is 0 Å². The molecule has 0 aliphatic rings. The number of hydrogen-bond acceptors (Lipinski definition) is 2. The van der Waals surface area contributed by atoms with Crippen molar-refractivity contribution in [2.45, 2.75) is 0 Å². The highest BCUT2D eigenvalue weighted by molar-refractivity contribution is 14.1. The standard InChI is InChI=1S/C12H6BrCl2IN2O/c13-6-1-3-8(16)9(5-6)17-12(19)11-7(14)2-4-10(15)18-11/h1-5H,(H,17,19). The molecule has 2 aromatic rings.